The van der Waals surface area contributed by atoms with Gasteiger partial charge in [0.1, 0.15) is 12.2 Å². The molecule has 2 aliphatic rings. The molecule has 0 aromatic heterocycles. The quantitative estimate of drug-likeness (QED) is 0.339. The van der Waals surface area contributed by atoms with E-state index in [2.05, 4.69) is 34.1 Å². The first kappa shape index (κ1) is 22.7. The number of amides is 1. The summed E-state index contributed by atoms with van der Waals surface area (Å²) in [5, 5.41) is 14.2. The predicted octanol–water partition coefficient (Wildman–Crippen LogP) is 5.06. The van der Waals surface area contributed by atoms with Crippen LogP contribution in [-0.4, -0.2) is 48.8 Å². The number of ether oxygens (including phenoxy) is 3. The highest BCUT2D eigenvalue weighted by Gasteiger charge is 2.49. The zero-order valence-electron chi connectivity index (χ0n) is 19.3. The number of hydrogen-bond donors (Lipinski definition) is 3. The van der Waals surface area contributed by atoms with E-state index in [1.165, 1.54) is 0 Å². The molecule has 0 bridgehead atoms. The fourth-order valence-corrected chi connectivity index (χ4v) is 5.22. The van der Waals surface area contributed by atoms with Crippen molar-refractivity contribution in [2.45, 2.75) is 24.4 Å². The van der Waals surface area contributed by atoms with Crippen molar-refractivity contribution < 1.29 is 19.0 Å². The minimum absolute atomic E-state index is 0.153. The van der Waals surface area contributed by atoms with Crippen LogP contribution in [0.15, 0.2) is 84.9 Å². The zero-order valence-corrected chi connectivity index (χ0v) is 20.2. The SMILES string of the molecule is O=C(Nc1cccc2ccccc12)OC1COC2C(NC(=S)Nc3cccc4ccccc34)COC12. The predicted molar refractivity (Wildman–Crippen MR) is 144 cm³/mol. The van der Waals surface area contributed by atoms with Gasteiger partial charge in [0.2, 0.25) is 0 Å². The molecular weight excluding hydrogens is 474 g/mol. The van der Waals surface area contributed by atoms with Crippen molar-refractivity contribution in [3.8, 4) is 0 Å². The van der Waals surface area contributed by atoms with Gasteiger partial charge in [0.15, 0.2) is 11.2 Å². The van der Waals surface area contributed by atoms with Crippen LogP contribution >= 0.6 is 12.2 Å². The average Bonchev–Trinajstić information content (AvgIpc) is 3.48. The highest BCUT2D eigenvalue weighted by molar-refractivity contribution is 7.80. The van der Waals surface area contributed by atoms with Crippen LogP contribution in [0, 0.1) is 0 Å². The van der Waals surface area contributed by atoms with Gasteiger partial charge in [0.05, 0.1) is 24.9 Å². The lowest BCUT2D eigenvalue weighted by Crippen LogP contribution is -2.46. The molecule has 4 unspecified atom stereocenters. The van der Waals surface area contributed by atoms with Crippen LogP contribution in [-0.2, 0) is 14.2 Å². The maximum absolute atomic E-state index is 12.7. The van der Waals surface area contributed by atoms with Crippen molar-refractivity contribution in [2.24, 2.45) is 0 Å². The molecule has 3 N–H and O–H groups in total. The fraction of sp³-hybridized carbons (Fsp3) is 0.214. The molecule has 0 spiro atoms. The minimum atomic E-state index is -0.534. The highest BCUT2D eigenvalue weighted by atomic mass is 32.1. The first-order chi connectivity index (χ1) is 17.7. The van der Waals surface area contributed by atoms with E-state index in [4.69, 9.17) is 26.4 Å². The topological polar surface area (TPSA) is 80.9 Å². The Hall–Kier alpha value is -3.72. The van der Waals surface area contributed by atoms with E-state index in [1.54, 1.807) is 0 Å². The normalized spacial score (nSPS) is 22.8. The Morgan fingerprint density at radius 3 is 2.03 bits per heavy atom. The van der Waals surface area contributed by atoms with Crippen molar-refractivity contribution >= 4 is 56.3 Å². The molecule has 4 aromatic carbocycles. The number of rotatable bonds is 4. The third-order valence-corrected chi connectivity index (χ3v) is 6.87. The maximum atomic E-state index is 12.7. The molecule has 2 fully saturated rings. The van der Waals surface area contributed by atoms with Crippen molar-refractivity contribution in [1.82, 2.24) is 5.32 Å². The number of nitrogens with one attached hydrogen (secondary N) is 3. The van der Waals surface area contributed by atoms with E-state index < -0.39 is 12.2 Å². The van der Waals surface area contributed by atoms with Crippen LogP contribution in [0.1, 0.15) is 0 Å². The first-order valence-electron chi connectivity index (χ1n) is 11.9. The summed E-state index contributed by atoms with van der Waals surface area (Å²) in [7, 11) is 0. The molecule has 182 valence electrons. The van der Waals surface area contributed by atoms with Crippen LogP contribution in [0.25, 0.3) is 21.5 Å². The Morgan fingerprint density at radius 1 is 0.750 bits per heavy atom. The Morgan fingerprint density at radius 2 is 1.33 bits per heavy atom. The van der Waals surface area contributed by atoms with Gasteiger partial charge in [-0.3, -0.25) is 5.32 Å². The van der Waals surface area contributed by atoms with Gasteiger partial charge in [0.25, 0.3) is 0 Å². The number of benzene rings is 4. The highest BCUT2D eigenvalue weighted by Crippen LogP contribution is 2.30. The summed E-state index contributed by atoms with van der Waals surface area (Å²) in [6.45, 7) is 0.664. The van der Waals surface area contributed by atoms with Gasteiger partial charge in [-0.25, -0.2) is 4.79 Å². The van der Waals surface area contributed by atoms with Crippen molar-refractivity contribution in [1.29, 1.82) is 0 Å². The zero-order chi connectivity index (χ0) is 24.5. The number of fused-ring (bicyclic) bond motifs is 3. The Bertz CT molecular complexity index is 1330. The van der Waals surface area contributed by atoms with E-state index in [1.807, 2.05) is 66.7 Å². The van der Waals surface area contributed by atoms with Crippen LogP contribution in [0.2, 0.25) is 0 Å². The molecular formula is C28H25N3O4S. The molecule has 0 radical (unpaired) electrons. The Kier molecular flexibility index (Phi) is 6.14. The van der Waals surface area contributed by atoms with Crippen molar-refractivity contribution in [2.75, 3.05) is 23.8 Å². The molecule has 1 amide bonds. The summed E-state index contributed by atoms with van der Waals surface area (Å²) in [4.78, 5) is 12.7. The summed E-state index contributed by atoms with van der Waals surface area (Å²) < 4.78 is 17.6. The lowest BCUT2D eigenvalue weighted by atomic mass is 10.1. The second-order valence-corrected chi connectivity index (χ2v) is 9.33. The summed E-state index contributed by atoms with van der Waals surface area (Å²) in [6.07, 6.45) is -1.67. The second-order valence-electron chi connectivity index (χ2n) is 8.92. The summed E-state index contributed by atoms with van der Waals surface area (Å²) >= 11 is 5.58. The van der Waals surface area contributed by atoms with Crippen LogP contribution in [0.5, 0.6) is 0 Å². The van der Waals surface area contributed by atoms with E-state index in [9.17, 15) is 4.79 Å². The first-order valence-corrected chi connectivity index (χ1v) is 12.3. The van der Waals surface area contributed by atoms with Gasteiger partial charge < -0.3 is 24.8 Å². The van der Waals surface area contributed by atoms with Crippen LogP contribution in [0.3, 0.4) is 0 Å². The average molecular weight is 500 g/mol. The smallest absolute Gasteiger partial charge is 0.412 e. The fourth-order valence-electron chi connectivity index (χ4n) is 4.96. The van der Waals surface area contributed by atoms with Crippen molar-refractivity contribution in [3.63, 3.8) is 0 Å². The van der Waals surface area contributed by atoms with E-state index in [0.29, 0.717) is 17.4 Å². The van der Waals surface area contributed by atoms with E-state index in [-0.39, 0.29) is 24.9 Å². The van der Waals surface area contributed by atoms with Gasteiger partial charge in [0, 0.05) is 16.5 Å². The monoisotopic (exact) mass is 499 g/mol. The lowest BCUT2D eigenvalue weighted by Gasteiger charge is -2.20. The third kappa shape index (κ3) is 4.46. The molecule has 2 saturated heterocycles. The third-order valence-electron chi connectivity index (χ3n) is 6.65. The molecule has 7 nitrogen and oxygen atoms in total. The van der Waals surface area contributed by atoms with Crippen LogP contribution < -0.4 is 16.0 Å². The number of carbonyl (C=O) groups is 1. The molecule has 2 heterocycles. The van der Waals surface area contributed by atoms with E-state index >= 15 is 0 Å². The minimum Gasteiger partial charge on any atom is -0.441 e. The van der Waals surface area contributed by atoms with E-state index in [0.717, 1.165) is 27.2 Å². The molecule has 6 rings (SSSR count). The standard InChI is InChI=1S/C28H25N3O4S/c32-28(31-22-14-6-10-18-8-2-4-12-20(18)22)35-24-16-34-25-23(15-33-26(24)25)30-27(36)29-21-13-5-9-17-7-1-3-11-19(17)21/h1-14,23-26H,15-16H2,(H,31,32)(H2,29,30,36). The second kappa shape index (κ2) is 9.73. The molecule has 0 saturated carbocycles. The largest absolute Gasteiger partial charge is 0.441 e. The number of hydrogen-bond acceptors (Lipinski definition) is 5. The molecule has 4 aromatic rings. The van der Waals surface area contributed by atoms with Gasteiger partial charge in [-0.2, -0.15) is 0 Å². The molecule has 36 heavy (non-hydrogen) atoms. The van der Waals surface area contributed by atoms with Gasteiger partial charge in [-0.1, -0.05) is 72.8 Å². The number of thiocarbonyl (C=S) groups is 1. The number of anilines is 2. The van der Waals surface area contributed by atoms with Gasteiger partial charge >= 0.3 is 6.09 Å². The summed E-state index contributed by atoms with van der Waals surface area (Å²) in [5.41, 5.74) is 1.63. The van der Waals surface area contributed by atoms with Crippen LogP contribution in [0.4, 0.5) is 16.2 Å². The Balaban J connectivity index is 1.06. The van der Waals surface area contributed by atoms with Crippen molar-refractivity contribution in [3.05, 3.63) is 84.9 Å². The van der Waals surface area contributed by atoms with Gasteiger partial charge in [-0.15, -0.1) is 0 Å². The summed E-state index contributed by atoms with van der Waals surface area (Å²) in [6, 6.07) is 27.7. The maximum Gasteiger partial charge on any atom is 0.412 e. The van der Waals surface area contributed by atoms with Gasteiger partial charge in [-0.05, 0) is 35.1 Å². The molecule has 4 atom stereocenters. The lowest BCUT2D eigenvalue weighted by molar-refractivity contribution is 0.00881. The molecule has 0 aliphatic carbocycles. The molecule has 2 aliphatic heterocycles. The molecule has 8 heteroatoms. The summed E-state index contributed by atoms with van der Waals surface area (Å²) in [5.74, 6) is 0. The number of carbonyl (C=O) groups excluding carboxylic acids is 1. The Labute approximate surface area is 213 Å².